The van der Waals surface area contributed by atoms with Crippen LogP contribution in [-0.2, 0) is 6.42 Å². The van der Waals surface area contributed by atoms with Crippen molar-refractivity contribution in [3.05, 3.63) is 16.3 Å². The number of nitrogens with zero attached hydrogens (tertiary/aromatic N) is 1. The number of nitrogens with two attached hydrogens (primary N) is 1. The Balaban J connectivity index is 1.97. The van der Waals surface area contributed by atoms with Crippen molar-refractivity contribution >= 4 is 0 Å². The molecular weight excluding hydrogens is 156 g/mol. The summed E-state index contributed by atoms with van der Waals surface area (Å²) in [5, 5.41) is 6.11. The molecule has 0 radical (unpaired) electrons. The van der Waals surface area contributed by atoms with E-state index in [1.54, 1.807) is 0 Å². The number of rotatable bonds is 3. The molecule has 5 heteroatoms. The van der Waals surface area contributed by atoms with E-state index in [1.165, 1.54) is 12.8 Å². The first-order valence-electron chi connectivity index (χ1n) is 4.15. The smallest absolute Gasteiger partial charge is 0.327 e. The van der Waals surface area contributed by atoms with E-state index in [4.69, 9.17) is 5.73 Å². The van der Waals surface area contributed by atoms with Crippen LogP contribution >= 0.6 is 0 Å². The van der Waals surface area contributed by atoms with Crippen LogP contribution in [0.2, 0.25) is 0 Å². The zero-order chi connectivity index (χ0) is 8.55. The maximum absolute atomic E-state index is 10.6. The number of hydrogen-bond donors (Lipinski definition) is 3. The zero-order valence-electron chi connectivity index (χ0n) is 6.71. The molecule has 2 rings (SSSR count). The normalized spacial score (nSPS) is 19.4. The highest BCUT2D eigenvalue weighted by molar-refractivity contribution is 4.92. The molecular formula is C7H12N4O. The molecule has 1 aliphatic carbocycles. The molecule has 1 saturated carbocycles. The molecule has 1 fully saturated rings. The van der Waals surface area contributed by atoms with Crippen molar-refractivity contribution in [1.82, 2.24) is 15.2 Å². The predicted octanol–water partition coefficient (Wildman–Crippen LogP) is -0.622. The van der Waals surface area contributed by atoms with Gasteiger partial charge in [0.1, 0.15) is 5.82 Å². The van der Waals surface area contributed by atoms with Gasteiger partial charge in [-0.2, -0.15) is 5.10 Å². The lowest BCUT2D eigenvalue weighted by molar-refractivity contribution is 0.576. The van der Waals surface area contributed by atoms with Crippen LogP contribution in [0.5, 0.6) is 0 Å². The lowest BCUT2D eigenvalue weighted by Gasteiger charge is -2.05. The monoisotopic (exact) mass is 168 g/mol. The van der Waals surface area contributed by atoms with Crippen molar-refractivity contribution in [2.45, 2.75) is 25.3 Å². The van der Waals surface area contributed by atoms with Crippen molar-refractivity contribution in [2.24, 2.45) is 11.7 Å². The van der Waals surface area contributed by atoms with Crippen LogP contribution in [-0.4, -0.2) is 21.2 Å². The molecule has 0 bridgehead atoms. The first kappa shape index (κ1) is 7.54. The highest BCUT2D eigenvalue weighted by Gasteiger charge is 2.28. The summed E-state index contributed by atoms with van der Waals surface area (Å²) in [5.74, 6) is 1.31. The molecule has 0 saturated heterocycles. The second-order valence-electron chi connectivity index (χ2n) is 3.33. The summed E-state index contributed by atoms with van der Waals surface area (Å²) in [6, 6.07) is 0.156. The Morgan fingerprint density at radius 2 is 2.42 bits per heavy atom. The third-order valence-electron chi connectivity index (χ3n) is 2.21. The molecule has 5 nitrogen and oxygen atoms in total. The van der Waals surface area contributed by atoms with Crippen molar-refractivity contribution < 1.29 is 0 Å². The molecule has 1 aromatic rings. The minimum atomic E-state index is -0.256. The molecule has 4 N–H and O–H groups in total. The van der Waals surface area contributed by atoms with Crippen LogP contribution in [0.4, 0.5) is 0 Å². The largest absolute Gasteiger partial charge is 0.340 e. The Bertz CT molecular complexity index is 311. The number of hydrogen-bond acceptors (Lipinski definition) is 3. The maximum atomic E-state index is 10.6. The van der Waals surface area contributed by atoms with Gasteiger partial charge in [0.2, 0.25) is 0 Å². The number of H-pyrrole nitrogens is 2. The standard InChI is InChI=1S/C7H12N4O/c8-5(4-1-2-4)3-6-9-7(12)11-10-6/h4-5H,1-3,8H2,(H2,9,10,11,12). The van der Waals surface area contributed by atoms with Crippen molar-refractivity contribution in [3.63, 3.8) is 0 Å². The Hall–Kier alpha value is -1.10. The third-order valence-corrected chi connectivity index (χ3v) is 2.21. The van der Waals surface area contributed by atoms with Gasteiger partial charge in [0.05, 0.1) is 0 Å². The molecule has 1 unspecified atom stereocenters. The van der Waals surface area contributed by atoms with E-state index < -0.39 is 0 Å². The van der Waals surface area contributed by atoms with E-state index >= 15 is 0 Å². The number of aromatic nitrogens is 3. The molecule has 1 aromatic heterocycles. The van der Waals surface area contributed by atoms with Crippen molar-refractivity contribution in [2.75, 3.05) is 0 Å². The lowest BCUT2D eigenvalue weighted by Crippen LogP contribution is -2.25. The third kappa shape index (κ3) is 1.55. The second-order valence-corrected chi connectivity index (χ2v) is 3.33. The van der Waals surface area contributed by atoms with Gasteiger partial charge in [0, 0.05) is 12.5 Å². The average Bonchev–Trinajstić information content (AvgIpc) is 2.78. The summed E-state index contributed by atoms with van der Waals surface area (Å²) in [5.41, 5.74) is 5.59. The average molecular weight is 168 g/mol. The SMILES string of the molecule is NC(Cc1n[nH]c(=O)[nH]1)C1CC1. The fraction of sp³-hybridized carbons (Fsp3) is 0.714. The van der Waals surface area contributed by atoms with Gasteiger partial charge < -0.3 is 5.73 Å². The van der Waals surface area contributed by atoms with Gasteiger partial charge in [0.15, 0.2) is 0 Å². The first-order valence-corrected chi connectivity index (χ1v) is 4.15. The van der Waals surface area contributed by atoms with Crippen LogP contribution in [0.1, 0.15) is 18.7 Å². The molecule has 0 aromatic carbocycles. The van der Waals surface area contributed by atoms with Gasteiger partial charge in [0.25, 0.3) is 0 Å². The molecule has 1 aliphatic rings. The van der Waals surface area contributed by atoms with Gasteiger partial charge in [-0.1, -0.05) is 0 Å². The molecule has 1 heterocycles. The fourth-order valence-corrected chi connectivity index (χ4v) is 1.32. The van der Waals surface area contributed by atoms with Gasteiger partial charge in [-0.25, -0.2) is 9.89 Å². The van der Waals surface area contributed by atoms with E-state index in [-0.39, 0.29) is 11.7 Å². The van der Waals surface area contributed by atoms with Crippen molar-refractivity contribution in [1.29, 1.82) is 0 Å². The van der Waals surface area contributed by atoms with Crippen LogP contribution in [0.15, 0.2) is 4.79 Å². The van der Waals surface area contributed by atoms with Gasteiger partial charge >= 0.3 is 5.69 Å². The summed E-state index contributed by atoms with van der Waals surface area (Å²) in [6.07, 6.45) is 3.11. The number of aromatic amines is 2. The molecule has 0 aliphatic heterocycles. The molecule has 0 amide bonds. The summed E-state index contributed by atoms with van der Waals surface area (Å²) < 4.78 is 0. The summed E-state index contributed by atoms with van der Waals surface area (Å²) in [7, 11) is 0. The van der Waals surface area contributed by atoms with Crippen LogP contribution in [0.3, 0.4) is 0 Å². The highest BCUT2D eigenvalue weighted by atomic mass is 16.1. The second kappa shape index (κ2) is 2.75. The Kier molecular flexibility index (Phi) is 1.73. The van der Waals surface area contributed by atoms with Crippen LogP contribution in [0.25, 0.3) is 0 Å². The fourth-order valence-electron chi connectivity index (χ4n) is 1.32. The maximum Gasteiger partial charge on any atom is 0.340 e. The van der Waals surface area contributed by atoms with E-state index in [0.29, 0.717) is 18.2 Å². The minimum Gasteiger partial charge on any atom is -0.327 e. The van der Waals surface area contributed by atoms with Crippen LogP contribution in [0, 0.1) is 5.92 Å². The summed E-state index contributed by atoms with van der Waals surface area (Å²) in [6.45, 7) is 0. The lowest BCUT2D eigenvalue weighted by atomic mass is 10.1. The zero-order valence-corrected chi connectivity index (χ0v) is 6.71. The molecule has 1 atom stereocenters. The predicted molar refractivity (Wildman–Crippen MR) is 43.6 cm³/mol. The number of nitrogens with one attached hydrogen (secondary N) is 2. The van der Waals surface area contributed by atoms with Gasteiger partial charge in [-0.15, -0.1) is 0 Å². The van der Waals surface area contributed by atoms with Crippen molar-refractivity contribution in [3.8, 4) is 0 Å². The minimum absolute atomic E-state index is 0.156. The molecule has 12 heavy (non-hydrogen) atoms. The Morgan fingerprint density at radius 1 is 1.67 bits per heavy atom. The Morgan fingerprint density at radius 3 is 2.92 bits per heavy atom. The topological polar surface area (TPSA) is 87.6 Å². The molecule has 66 valence electrons. The van der Waals surface area contributed by atoms with E-state index in [1.807, 2.05) is 0 Å². The van der Waals surface area contributed by atoms with E-state index in [0.717, 1.165) is 0 Å². The quantitative estimate of drug-likeness (QED) is 0.562. The molecule has 0 spiro atoms. The first-order chi connectivity index (χ1) is 5.75. The van der Waals surface area contributed by atoms with Gasteiger partial charge in [-0.05, 0) is 18.8 Å². The van der Waals surface area contributed by atoms with E-state index in [9.17, 15) is 4.79 Å². The highest BCUT2D eigenvalue weighted by Crippen LogP contribution is 2.32. The Labute approximate surface area is 69.4 Å². The van der Waals surface area contributed by atoms with E-state index in [2.05, 4.69) is 15.2 Å². The summed E-state index contributed by atoms with van der Waals surface area (Å²) in [4.78, 5) is 13.2. The van der Waals surface area contributed by atoms with Gasteiger partial charge in [-0.3, -0.25) is 4.98 Å². The van der Waals surface area contributed by atoms with Crippen LogP contribution < -0.4 is 11.4 Å². The summed E-state index contributed by atoms with van der Waals surface area (Å²) >= 11 is 0.